The lowest BCUT2D eigenvalue weighted by Crippen LogP contribution is -2.50. The van der Waals surface area contributed by atoms with Crippen LogP contribution in [0, 0.1) is 5.92 Å². The maximum atomic E-state index is 12.6. The first-order chi connectivity index (χ1) is 9.17. The number of piperidine rings is 1. The number of carbonyl (C=O) groups is 2. The van der Waals surface area contributed by atoms with Gasteiger partial charge in [0.25, 0.3) is 0 Å². The first kappa shape index (κ1) is 14.4. The van der Waals surface area contributed by atoms with Crippen LogP contribution in [0.25, 0.3) is 0 Å². The van der Waals surface area contributed by atoms with Crippen molar-refractivity contribution >= 4 is 11.8 Å². The van der Waals surface area contributed by atoms with Crippen molar-refractivity contribution in [3.63, 3.8) is 0 Å². The van der Waals surface area contributed by atoms with Crippen LogP contribution in [0.15, 0.2) is 0 Å². The Morgan fingerprint density at radius 3 is 2.58 bits per heavy atom. The minimum atomic E-state index is -0.168. The smallest absolute Gasteiger partial charge is 0.245 e. The summed E-state index contributed by atoms with van der Waals surface area (Å²) in [7, 11) is 0. The van der Waals surface area contributed by atoms with Crippen molar-refractivity contribution in [2.24, 2.45) is 5.92 Å². The molecule has 2 amide bonds. The third-order valence-corrected chi connectivity index (χ3v) is 4.65. The molecule has 2 aliphatic heterocycles. The summed E-state index contributed by atoms with van der Waals surface area (Å²) >= 11 is 0. The van der Waals surface area contributed by atoms with Crippen LogP contribution in [-0.2, 0) is 9.59 Å². The molecule has 19 heavy (non-hydrogen) atoms. The lowest BCUT2D eigenvalue weighted by molar-refractivity contribution is -0.143. The van der Waals surface area contributed by atoms with Gasteiger partial charge < -0.3 is 9.80 Å². The van der Waals surface area contributed by atoms with Crippen molar-refractivity contribution in [3.8, 4) is 0 Å². The van der Waals surface area contributed by atoms with E-state index in [0.717, 1.165) is 45.2 Å². The van der Waals surface area contributed by atoms with Gasteiger partial charge in [-0.05, 0) is 25.2 Å². The van der Waals surface area contributed by atoms with Crippen LogP contribution in [-0.4, -0.2) is 47.3 Å². The summed E-state index contributed by atoms with van der Waals surface area (Å²) in [6, 6.07) is -0.168. The van der Waals surface area contributed by atoms with E-state index in [1.807, 2.05) is 9.80 Å². The average Bonchev–Trinajstić information content (AvgIpc) is 2.57. The molecule has 4 nitrogen and oxygen atoms in total. The van der Waals surface area contributed by atoms with Crippen LogP contribution in [0.4, 0.5) is 0 Å². The summed E-state index contributed by atoms with van der Waals surface area (Å²) in [6.07, 6.45) is 5.67. The molecule has 0 bridgehead atoms. The number of carbonyl (C=O) groups excluding carboxylic acids is 2. The van der Waals surface area contributed by atoms with E-state index in [2.05, 4.69) is 13.8 Å². The van der Waals surface area contributed by atoms with Gasteiger partial charge in [-0.15, -0.1) is 0 Å². The number of hydrogen-bond donors (Lipinski definition) is 0. The van der Waals surface area contributed by atoms with E-state index in [4.69, 9.17) is 0 Å². The topological polar surface area (TPSA) is 40.6 Å². The van der Waals surface area contributed by atoms with Gasteiger partial charge in [0, 0.05) is 26.1 Å². The van der Waals surface area contributed by atoms with Crippen LogP contribution in [0.2, 0.25) is 0 Å². The standard InChI is InChI=1S/C15H26N2O2/c1-3-12(4-2)11-16-10-8-14(18)17-9-6-5-7-13(17)15(16)19/h12-13H,3-11H2,1-2H3. The van der Waals surface area contributed by atoms with E-state index in [1.165, 1.54) is 0 Å². The van der Waals surface area contributed by atoms with Crippen LogP contribution < -0.4 is 0 Å². The number of nitrogens with zero attached hydrogens (tertiary/aromatic N) is 2. The predicted octanol–water partition coefficient (Wildman–Crippen LogP) is 2.04. The van der Waals surface area contributed by atoms with Gasteiger partial charge in [0.2, 0.25) is 11.8 Å². The summed E-state index contributed by atoms with van der Waals surface area (Å²) in [6.45, 7) is 6.56. The minimum absolute atomic E-state index is 0.168. The molecule has 0 aromatic rings. The molecule has 0 aliphatic carbocycles. The molecule has 2 saturated heterocycles. The monoisotopic (exact) mass is 266 g/mol. The molecule has 2 aliphatic rings. The average molecular weight is 266 g/mol. The van der Waals surface area contributed by atoms with Gasteiger partial charge in [-0.25, -0.2) is 0 Å². The Balaban J connectivity index is 2.09. The molecule has 0 aromatic carbocycles. The summed E-state index contributed by atoms with van der Waals surface area (Å²) < 4.78 is 0. The Hall–Kier alpha value is -1.06. The fourth-order valence-corrected chi connectivity index (χ4v) is 3.22. The second-order valence-electron chi connectivity index (χ2n) is 5.82. The molecule has 0 aromatic heterocycles. The quantitative estimate of drug-likeness (QED) is 0.781. The van der Waals surface area contributed by atoms with Crippen molar-refractivity contribution in [1.29, 1.82) is 0 Å². The van der Waals surface area contributed by atoms with Gasteiger partial charge in [-0.1, -0.05) is 26.7 Å². The Labute approximate surface area is 116 Å². The number of amides is 2. The van der Waals surface area contributed by atoms with Crippen LogP contribution in [0.5, 0.6) is 0 Å². The fraction of sp³-hybridized carbons (Fsp3) is 0.867. The molecule has 2 heterocycles. The Morgan fingerprint density at radius 1 is 1.16 bits per heavy atom. The van der Waals surface area contributed by atoms with Crippen molar-refractivity contribution in [2.75, 3.05) is 19.6 Å². The second kappa shape index (κ2) is 6.40. The fourth-order valence-electron chi connectivity index (χ4n) is 3.22. The maximum Gasteiger partial charge on any atom is 0.245 e. The van der Waals surface area contributed by atoms with Crippen LogP contribution in [0.3, 0.4) is 0 Å². The third-order valence-electron chi connectivity index (χ3n) is 4.65. The molecule has 0 N–H and O–H groups in total. The highest BCUT2D eigenvalue weighted by molar-refractivity contribution is 5.90. The lowest BCUT2D eigenvalue weighted by Gasteiger charge is -2.35. The van der Waals surface area contributed by atoms with Gasteiger partial charge in [0.15, 0.2) is 0 Å². The van der Waals surface area contributed by atoms with Crippen molar-refractivity contribution in [1.82, 2.24) is 9.80 Å². The number of fused-ring (bicyclic) bond motifs is 1. The molecular weight excluding hydrogens is 240 g/mol. The summed E-state index contributed by atoms with van der Waals surface area (Å²) in [5.41, 5.74) is 0. The van der Waals surface area contributed by atoms with E-state index in [-0.39, 0.29) is 17.9 Å². The van der Waals surface area contributed by atoms with Gasteiger partial charge in [-0.2, -0.15) is 0 Å². The van der Waals surface area contributed by atoms with Gasteiger partial charge >= 0.3 is 0 Å². The summed E-state index contributed by atoms with van der Waals surface area (Å²) in [5.74, 6) is 0.928. The lowest BCUT2D eigenvalue weighted by atomic mass is 9.99. The molecule has 1 atom stereocenters. The zero-order chi connectivity index (χ0) is 13.8. The Morgan fingerprint density at radius 2 is 1.89 bits per heavy atom. The van der Waals surface area contributed by atoms with E-state index < -0.39 is 0 Å². The number of hydrogen-bond acceptors (Lipinski definition) is 2. The SMILES string of the molecule is CCC(CC)CN1CCC(=O)N2CCCCC2C1=O. The van der Waals surface area contributed by atoms with Gasteiger partial charge in [0.1, 0.15) is 6.04 Å². The molecule has 2 fully saturated rings. The minimum Gasteiger partial charge on any atom is -0.340 e. The van der Waals surface area contributed by atoms with E-state index >= 15 is 0 Å². The van der Waals surface area contributed by atoms with Crippen LogP contribution >= 0.6 is 0 Å². The van der Waals surface area contributed by atoms with Gasteiger partial charge in [0.05, 0.1) is 0 Å². The summed E-state index contributed by atoms with van der Waals surface area (Å²) in [5, 5.41) is 0. The molecule has 0 spiro atoms. The van der Waals surface area contributed by atoms with E-state index in [9.17, 15) is 9.59 Å². The van der Waals surface area contributed by atoms with Crippen molar-refractivity contribution in [2.45, 2.75) is 58.4 Å². The molecule has 4 heteroatoms. The first-order valence-electron chi connectivity index (χ1n) is 7.75. The number of rotatable bonds is 4. The summed E-state index contributed by atoms with van der Waals surface area (Å²) in [4.78, 5) is 28.5. The van der Waals surface area contributed by atoms with Crippen molar-refractivity contribution < 1.29 is 9.59 Å². The van der Waals surface area contributed by atoms with E-state index in [0.29, 0.717) is 18.9 Å². The highest BCUT2D eigenvalue weighted by Crippen LogP contribution is 2.24. The van der Waals surface area contributed by atoms with Gasteiger partial charge in [-0.3, -0.25) is 9.59 Å². The maximum absolute atomic E-state index is 12.6. The molecule has 0 saturated carbocycles. The van der Waals surface area contributed by atoms with Crippen molar-refractivity contribution in [3.05, 3.63) is 0 Å². The highest BCUT2D eigenvalue weighted by atomic mass is 16.2. The molecule has 1 unspecified atom stereocenters. The van der Waals surface area contributed by atoms with E-state index in [1.54, 1.807) is 0 Å². The second-order valence-corrected chi connectivity index (χ2v) is 5.82. The molecular formula is C15H26N2O2. The Kier molecular flexibility index (Phi) is 4.83. The zero-order valence-corrected chi connectivity index (χ0v) is 12.2. The third kappa shape index (κ3) is 3.10. The van der Waals surface area contributed by atoms with Crippen LogP contribution in [0.1, 0.15) is 52.4 Å². The molecule has 2 rings (SSSR count). The molecule has 108 valence electrons. The first-order valence-corrected chi connectivity index (χ1v) is 7.75. The zero-order valence-electron chi connectivity index (χ0n) is 12.2. The Bertz CT molecular complexity index is 339. The highest BCUT2D eigenvalue weighted by Gasteiger charge is 2.37. The normalized spacial score (nSPS) is 24.7. The largest absolute Gasteiger partial charge is 0.340 e. The predicted molar refractivity (Wildman–Crippen MR) is 74.6 cm³/mol. The molecule has 0 radical (unpaired) electrons.